The van der Waals surface area contributed by atoms with Crippen molar-refractivity contribution in [2.24, 2.45) is 17.8 Å². The van der Waals surface area contributed by atoms with Crippen LogP contribution in [-0.2, 0) is 11.3 Å². The molecular weight excluding hydrogens is 332 g/mol. The number of hydrogen-bond acceptors (Lipinski definition) is 2. The van der Waals surface area contributed by atoms with E-state index in [1.165, 1.54) is 49.9 Å². The van der Waals surface area contributed by atoms with Gasteiger partial charge in [-0.1, -0.05) is 32.4 Å². The Kier molecular flexibility index (Phi) is 8.62. The van der Waals surface area contributed by atoms with Crippen molar-refractivity contribution in [3.8, 4) is 0 Å². The summed E-state index contributed by atoms with van der Waals surface area (Å²) in [4.78, 5) is 2.15. The molecule has 0 amide bonds. The highest BCUT2D eigenvalue weighted by atomic mass is 16.5. The smallest absolute Gasteiger partial charge is 0.101 e. The molecule has 3 heteroatoms. The third kappa shape index (κ3) is 7.83. The number of quaternary nitrogens is 1. The van der Waals surface area contributed by atoms with Crippen LogP contribution in [0.1, 0.15) is 65.4 Å². The normalized spacial score (nSPS) is 20.6. The molecule has 0 bridgehead atoms. The van der Waals surface area contributed by atoms with Crippen LogP contribution < -0.4 is 10.2 Å². The molecule has 1 heterocycles. The number of benzene rings is 1. The van der Waals surface area contributed by atoms with Crippen LogP contribution in [0.2, 0.25) is 0 Å². The van der Waals surface area contributed by atoms with Gasteiger partial charge in [-0.3, -0.25) is 0 Å². The van der Waals surface area contributed by atoms with Crippen molar-refractivity contribution in [3.05, 3.63) is 29.8 Å². The van der Waals surface area contributed by atoms with Crippen molar-refractivity contribution in [1.29, 1.82) is 0 Å². The van der Waals surface area contributed by atoms with E-state index in [1.54, 1.807) is 0 Å². The topological polar surface area (TPSA) is 29.1 Å². The second-order valence-corrected chi connectivity index (χ2v) is 9.72. The fraction of sp³-hybridized carbons (Fsp3) is 0.750. The zero-order valence-corrected chi connectivity index (χ0v) is 18.6. The quantitative estimate of drug-likeness (QED) is 0.612. The first-order chi connectivity index (χ1) is 12.8. The van der Waals surface area contributed by atoms with Gasteiger partial charge in [0.1, 0.15) is 6.54 Å². The molecule has 3 nitrogen and oxygen atoms in total. The van der Waals surface area contributed by atoms with E-state index in [0.29, 0.717) is 0 Å². The van der Waals surface area contributed by atoms with E-state index in [-0.39, 0.29) is 5.60 Å². The molecule has 0 radical (unpaired) electrons. The predicted octanol–water partition coefficient (Wildman–Crippen LogP) is 4.46. The van der Waals surface area contributed by atoms with E-state index in [0.717, 1.165) is 30.9 Å². The van der Waals surface area contributed by atoms with Crippen LogP contribution in [0.4, 0.5) is 5.69 Å². The lowest BCUT2D eigenvalue weighted by molar-refractivity contribution is -0.671. The molecule has 1 fully saturated rings. The lowest BCUT2D eigenvalue weighted by Gasteiger charge is -2.39. The molecule has 1 aliphatic rings. The van der Waals surface area contributed by atoms with E-state index in [1.807, 2.05) is 0 Å². The molecule has 1 aliphatic heterocycles. The third-order valence-corrected chi connectivity index (χ3v) is 6.09. The fourth-order valence-electron chi connectivity index (χ4n) is 4.38. The number of nitrogens with two attached hydrogens (primary N) is 1. The van der Waals surface area contributed by atoms with Crippen LogP contribution in [0.3, 0.4) is 0 Å². The Balaban J connectivity index is 1.82. The highest BCUT2D eigenvalue weighted by Crippen LogP contribution is 2.37. The Morgan fingerprint density at radius 2 is 1.81 bits per heavy atom. The standard InChI is InChI=1S/C24H42N2O/c1-19(2)7-10-21(22-14-16-27-24(3,4)17-22)13-15-25-18-20-8-11-23(12-9-20)26(5)6/h8-9,11-12,19,21-22,25H,7,10,13-18H2,1-6H3/p+1/t21-,22+/m0/s1. The van der Waals surface area contributed by atoms with Crippen molar-refractivity contribution in [2.75, 3.05) is 32.1 Å². The lowest BCUT2D eigenvalue weighted by atomic mass is 9.75. The van der Waals surface area contributed by atoms with Crippen LogP contribution in [-0.4, -0.2) is 32.8 Å². The molecule has 0 unspecified atom stereocenters. The maximum atomic E-state index is 5.97. The summed E-state index contributed by atoms with van der Waals surface area (Å²) in [6.45, 7) is 12.5. The van der Waals surface area contributed by atoms with Gasteiger partial charge >= 0.3 is 0 Å². The molecule has 27 heavy (non-hydrogen) atoms. The summed E-state index contributed by atoms with van der Waals surface area (Å²) in [7, 11) is 4.19. The molecule has 0 saturated carbocycles. The largest absolute Gasteiger partial charge is 0.378 e. The van der Waals surface area contributed by atoms with E-state index >= 15 is 0 Å². The van der Waals surface area contributed by atoms with Gasteiger partial charge < -0.3 is 15.0 Å². The van der Waals surface area contributed by atoms with Crippen LogP contribution in [0.5, 0.6) is 0 Å². The highest BCUT2D eigenvalue weighted by Gasteiger charge is 2.33. The summed E-state index contributed by atoms with van der Waals surface area (Å²) in [5, 5.41) is 2.50. The number of anilines is 1. The molecule has 2 rings (SSSR count). The number of nitrogens with zero attached hydrogens (tertiary/aromatic N) is 1. The predicted molar refractivity (Wildman–Crippen MR) is 116 cm³/mol. The molecule has 1 aromatic rings. The van der Waals surface area contributed by atoms with Crippen molar-refractivity contribution in [1.82, 2.24) is 0 Å². The minimum Gasteiger partial charge on any atom is -0.378 e. The number of rotatable bonds is 10. The van der Waals surface area contributed by atoms with Gasteiger partial charge in [0, 0.05) is 32.0 Å². The zero-order valence-electron chi connectivity index (χ0n) is 18.6. The Hall–Kier alpha value is -1.06. The van der Waals surface area contributed by atoms with Crippen molar-refractivity contribution < 1.29 is 10.1 Å². The zero-order chi connectivity index (χ0) is 19.9. The van der Waals surface area contributed by atoms with Crippen LogP contribution in [0.15, 0.2) is 24.3 Å². The summed E-state index contributed by atoms with van der Waals surface area (Å²) in [5.74, 6) is 2.49. The Morgan fingerprint density at radius 3 is 2.41 bits per heavy atom. The van der Waals surface area contributed by atoms with E-state index in [9.17, 15) is 0 Å². The summed E-state index contributed by atoms with van der Waals surface area (Å²) < 4.78 is 5.97. The molecule has 2 atom stereocenters. The van der Waals surface area contributed by atoms with Gasteiger partial charge in [-0.05, 0) is 69.4 Å². The van der Waals surface area contributed by atoms with Crippen LogP contribution >= 0.6 is 0 Å². The van der Waals surface area contributed by atoms with Crippen LogP contribution in [0.25, 0.3) is 0 Å². The van der Waals surface area contributed by atoms with Crippen molar-refractivity contribution in [3.63, 3.8) is 0 Å². The first-order valence-corrected chi connectivity index (χ1v) is 11.0. The second kappa shape index (κ2) is 10.5. The highest BCUT2D eigenvalue weighted by molar-refractivity contribution is 5.45. The van der Waals surface area contributed by atoms with E-state index in [4.69, 9.17) is 4.74 Å². The minimum atomic E-state index is 0.0664. The molecule has 1 aromatic carbocycles. The van der Waals surface area contributed by atoms with E-state index in [2.05, 4.69) is 76.3 Å². The maximum absolute atomic E-state index is 5.97. The van der Waals surface area contributed by atoms with Gasteiger partial charge in [-0.15, -0.1) is 0 Å². The average Bonchev–Trinajstić information content (AvgIpc) is 2.60. The lowest BCUT2D eigenvalue weighted by Crippen LogP contribution is -2.82. The van der Waals surface area contributed by atoms with Gasteiger partial charge in [0.15, 0.2) is 0 Å². The second-order valence-electron chi connectivity index (χ2n) is 9.72. The Labute approximate surface area is 167 Å². The number of ether oxygens (including phenoxy) is 1. The molecular formula is C24H43N2O+. The van der Waals surface area contributed by atoms with Gasteiger partial charge in [0.25, 0.3) is 0 Å². The fourth-order valence-corrected chi connectivity index (χ4v) is 4.38. The van der Waals surface area contributed by atoms with Crippen molar-refractivity contribution in [2.45, 2.75) is 71.9 Å². The summed E-state index contributed by atoms with van der Waals surface area (Å²) in [6, 6.07) is 8.98. The first-order valence-electron chi connectivity index (χ1n) is 11.0. The van der Waals surface area contributed by atoms with Gasteiger partial charge in [-0.25, -0.2) is 0 Å². The maximum Gasteiger partial charge on any atom is 0.101 e. The Morgan fingerprint density at radius 1 is 1.11 bits per heavy atom. The molecule has 0 spiro atoms. The Bertz CT molecular complexity index is 536. The summed E-state index contributed by atoms with van der Waals surface area (Å²) in [6.07, 6.45) is 6.54. The summed E-state index contributed by atoms with van der Waals surface area (Å²) in [5.41, 5.74) is 2.76. The molecule has 0 aliphatic carbocycles. The van der Waals surface area contributed by atoms with Gasteiger partial charge in [0.2, 0.25) is 0 Å². The SMILES string of the molecule is CC(C)CC[C@@H](CC[NH2+]Cc1ccc(N(C)C)cc1)[C@@H]1CCOC(C)(C)C1. The molecule has 154 valence electrons. The monoisotopic (exact) mass is 375 g/mol. The van der Waals surface area contributed by atoms with Crippen LogP contribution in [0, 0.1) is 17.8 Å². The number of hydrogen-bond donors (Lipinski definition) is 1. The van der Waals surface area contributed by atoms with Crippen molar-refractivity contribution >= 4 is 5.69 Å². The minimum absolute atomic E-state index is 0.0664. The third-order valence-electron chi connectivity index (χ3n) is 6.09. The average molecular weight is 376 g/mol. The van der Waals surface area contributed by atoms with E-state index < -0.39 is 0 Å². The molecule has 2 N–H and O–H groups in total. The molecule has 0 aromatic heterocycles. The van der Waals surface area contributed by atoms with Gasteiger partial charge in [0.05, 0.1) is 12.1 Å². The summed E-state index contributed by atoms with van der Waals surface area (Å²) >= 11 is 0. The van der Waals surface area contributed by atoms with Gasteiger partial charge in [-0.2, -0.15) is 0 Å². The molecule has 1 saturated heterocycles. The first kappa shape index (κ1) is 22.2.